The predicted molar refractivity (Wildman–Crippen MR) is 89.5 cm³/mol. The van der Waals surface area contributed by atoms with E-state index in [4.69, 9.17) is 14.0 Å². The Morgan fingerprint density at radius 2 is 1.92 bits per heavy atom. The zero-order valence-electron chi connectivity index (χ0n) is 14.7. The fraction of sp³-hybridized carbons (Fsp3) is 0.875. The Kier molecular flexibility index (Phi) is 6.67. The van der Waals surface area contributed by atoms with Crippen LogP contribution >= 0.6 is 0 Å². The highest BCUT2D eigenvalue weighted by molar-refractivity contribution is 7.85. The van der Waals surface area contributed by atoms with Gasteiger partial charge in [0.25, 0.3) is 10.1 Å². The van der Waals surface area contributed by atoms with Gasteiger partial charge in [0.05, 0.1) is 19.5 Å². The number of rotatable bonds is 5. The Bertz CT molecular complexity index is 591. The SMILES string of the molecule is CCOC(=O)[C@@H]1C[C@H]2C[C@H](CCS(=O)(=O)O)CC[C@H]2CN1C(=O)OC. The maximum Gasteiger partial charge on any atom is 0.410 e. The van der Waals surface area contributed by atoms with Crippen molar-refractivity contribution in [1.82, 2.24) is 4.90 Å². The summed E-state index contributed by atoms with van der Waals surface area (Å²) in [6, 6.07) is -0.658. The van der Waals surface area contributed by atoms with Crippen molar-refractivity contribution in [1.29, 1.82) is 0 Å². The number of ether oxygens (including phenoxy) is 2. The zero-order chi connectivity index (χ0) is 18.6. The van der Waals surface area contributed by atoms with Crippen LogP contribution in [0.2, 0.25) is 0 Å². The van der Waals surface area contributed by atoms with Gasteiger partial charge >= 0.3 is 12.1 Å². The van der Waals surface area contributed by atoms with Gasteiger partial charge in [0.1, 0.15) is 6.04 Å². The highest BCUT2D eigenvalue weighted by Gasteiger charge is 2.44. The second-order valence-corrected chi connectivity index (χ2v) is 8.47. The van der Waals surface area contributed by atoms with Crippen LogP contribution < -0.4 is 0 Å². The third-order valence-corrected chi connectivity index (χ3v) is 6.09. The molecular weight excluding hydrogens is 350 g/mol. The van der Waals surface area contributed by atoms with Crippen molar-refractivity contribution in [3.63, 3.8) is 0 Å². The summed E-state index contributed by atoms with van der Waals surface area (Å²) in [6.07, 6.45) is 2.92. The lowest BCUT2D eigenvalue weighted by atomic mass is 9.68. The molecule has 9 heteroatoms. The smallest absolute Gasteiger partial charge is 0.410 e. The molecule has 1 saturated carbocycles. The average Bonchev–Trinajstić information content (AvgIpc) is 2.57. The van der Waals surface area contributed by atoms with Crippen molar-refractivity contribution in [2.24, 2.45) is 17.8 Å². The van der Waals surface area contributed by atoms with Gasteiger partial charge < -0.3 is 9.47 Å². The van der Waals surface area contributed by atoms with Crippen LogP contribution in [0.1, 0.15) is 39.0 Å². The maximum absolute atomic E-state index is 12.3. The van der Waals surface area contributed by atoms with Crippen molar-refractivity contribution in [2.75, 3.05) is 26.0 Å². The van der Waals surface area contributed by atoms with Crippen molar-refractivity contribution in [3.8, 4) is 0 Å². The summed E-state index contributed by atoms with van der Waals surface area (Å²) in [6.45, 7) is 2.42. The molecule has 0 bridgehead atoms. The summed E-state index contributed by atoms with van der Waals surface area (Å²) in [7, 11) is -2.66. The second kappa shape index (κ2) is 8.35. The second-order valence-electron chi connectivity index (χ2n) is 6.90. The van der Waals surface area contributed by atoms with Crippen LogP contribution in [0.15, 0.2) is 0 Å². The number of esters is 1. The van der Waals surface area contributed by atoms with Gasteiger partial charge in [0.15, 0.2) is 0 Å². The van der Waals surface area contributed by atoms with Gasteiger partial charge in [0, 0.05) is 6.54 Å². The lowest BCUT2D eigenvalue weighted by Gasteiger charge is -2.46. The first-order valence-corrected chi connectivity index (χ1v) is 10.3. The summed E-state index contributed by atoms with van der Waals surface area (Å²) in [4.78, 5) is 25.8. The van der Waals surface area contributed by atoms with Crippen LogP contribution in [0, 0.1) is 17.8 Å². The number of nitrogens with zero attached hydrogens (tertiary/aromatic N) is 1. The molecule has 1 amide bonds. The molecule has 4 atom stereocenters. The first-order valence-electron chi connectivity index (χ1n) is 8.71. The summed E-state index contributed by atoms with van der Waals surface area (Å²) < 4.78 is 40.8. The van der Waals surface area contributed by atoms with E-state index in [1.54, 1.807) is 6.92 Å². The van der Waals surface area contributed by atoms with Crippen LogP contribution in [-0.2, 0) is 24.4 Å². The van der Waals surface area contributed by atoms with Crippen LogP contribution in [-0.4, -0.2) is 62.0 Å². The third kappa shape index (κ3) is 5.31. The first kappa shape index (κ1) is 20.0. The monoisotopic (exact) mass is 377 g/mol. The maximum atomic E-state index is 12.3. The Morgan fingerprint density at radius 3 is 2.52 bits per heavy atom. The molecule has 0 aromatic carbocycles. The van der Waals surface area contributed by atoms with E-state index in [-0.39, 0.29) is 30.1 Å². The lowest BCUT2D eigenvalue weighted by Crippen LogP contribution is -2.55. The van der Waals surface area contributed by atoms with Crippen molar-refractivity contribution in [3.05, 3.63) is 0 Å². The molecule has 2 fully saturated rings. The largest absolute Gasteiger partial charge is 0.464 e. The lowest BCUT2D eigenvalue weighted by molar-refractivity contribution is -0.152. The molecule has 1 saturated heterocycles. The van der Waals surface area contributed by atoms with Gasteiger partial charge in [-0.1, -0.05) is 6.42 Å². The van der Waals surface area contributed by atoms with Crippen LogP contribution in [0.25, 0.3) is 0 Å². The van der Waals surface area contributed by atoms with E-state index in [0.717, 1.165) is 19.3 Å². The van der Waals surface area contributed by atoms with Crippen LogP contribution in [0.3, 0.4) is 0 Å². The standard InChI is InChI=1S/C16H27NO7S/c1-3-24-15(18)14-9-13-8-11(6-7-25(20,21)22)4-5-12(13)10-17(14)16(19)23-2/h11-14H,3-10H2,1-2H3,(H,20,21,22)/t11-,12-,13+,14-/m0/s1. The van der Waals surface area contributed by atoms with Gasteiger partial charge in [-0.3, -0.25) is 9.45 Å². The number of carbonyl (C=O) groups excluding carboxylic acids is 2. The van der Waals surface area contributed by atoms with Gasteiger partial charge in [-0.05, 0) is 50.4 Å². The van der Waals surface area contributed by atoms with E-state index in [0.29, 0.717) is 19.4 Å². The molecule has 25 heavy (non-hydrogen) atoms. The Balaban J connectivity index is 2.05. The number of likely N-dealkylation sites (tertiary alicyclic amines) is 1. The molecule has 1 N–H and O–H groups in total. The normalized spacial score (nSPS) is 29.6. The van der Waals surface area contributed by atoms with Crippen molar-refractivity contribution in [2.45, 2.75) is 45.1 Å². The summed E-state index contributed by atoms with van der Waals surface area (Å²) in [5.41, 5.74) is 0. The summed E-state index contributed by atoms with van der Waals surface area (Å²) in [5, 5.41) is 0. The van der Waals surface area contributed by atoms with E-state index in [1.807, 2.05) is 0 Å². The molecule has 0 aromatic heterocycles. The highest BCUT2D eigenvalue weighted by atomic mass is 32.2. The zero-order valence-corrected chi connectivity index (χ0v) is 15.5. The van der Waals surface area contributed by atoms with E-state index >= 15 is 0 Å². The minimum absolute atomic E-state index is 0.204. The minimum Gasteiger partial charge on any atom is -0.464 e. The molecule has 2 aliphatic rings. The molecule has 2 rings (SSSR count). The van der Waals surface area contributed by atoms with Crippen LogP contribution in [0.5, 0.6) is 0 Å². The van der Waals surface area contributed by atoms with Gasteiger partial charge in [-0.2, -0.15) is 8.42 Å². The number of carbonyl (C=O) groups is 2. The van der Waals surface area contributed by atoms with Gasteiger partial charge in [-0.15, -0.1) is 0 Å². The number of amides is 1. The fourth-order valence-electron chi connectivity index (χ4n) is 4.11. The Hall–Kier alpha value is -1.35. The van der Waals surface area contributed by atoms with Crippen molar-refractivity contribution >= 4 is 22.2 Å². The number of methoxy groups -OCH3 is 1. The van der Waals surface area contributed by atoms with Crippen LogP contribution in [0.4, 0.5) is 4.79 Å². The molecule has 1 aliphatic carbocycles. The Labute approximate surface area is 148 Å². The topological polar surface area (TPSA) is 110 Å². The molecule has 0 radical (unpaired) electrons. The van der Waals surface area contributed by atoms with Gasteiger partial charge in [0.2, 0.25) is 0 Å². The average molecular weight is 377 g/mol. The van der Waals surface area contributed by atoms with E-state index in [2.05, 4.69) is 0 Å². The molecule has 1 heterocycles. The highest BCUT2D eigenvalue weighted by Crippen LogP contribution is 2.42. The van der Waals surface area contributed by atoms with E-state index in [9.17, 15) is 18.0 Å². The molecule has 0 aromatic rings. The first-order chi connectivity index (χ1) is 11.7. The molecule has 0 unspecified atom stereocenters. The number of hydrogen-bond donors (Lipinski definition) is 1. The van der Waals surface area contributed by atoms with Crippen molar-refractivity contribution < 1.29 is 32.0 Å². The fourth-order valence-corrected chi connectivity index (χ4v) is 4.74. The Morgan fingerprint density at radius 1 is 1.20 bits per heavy atom. The number of hydrogen-bond acceptors (Lipinski definition) is 6. The molecule has 8 nitrogen and oxygen atoms in total. The van der Waals surface area contributed by atoms with Gasteiger partial charge in [-0.25, -0.2) is 9.59 Å². The molecule has 144 valence electrons. The summed E-state index contributed by atoms with van der Waals surface area (Å²) in [5.74, 6) is 0.0503. The quantitative estimate of drug-likeness (QED) is 0.573. The number of fused-ring (bicyclic) bond motifs is 1. The molecule has 1 aliphatic heterocycles. The van der Waals surface area contributed by atoms with E-state index in [1.165, 1.54) is 12.0 Å². The number of piperidine rings is 1. The molecular formula is C16H27NO7S. The van der Waals surface area contributed by atoms with E-state index < -0.39 is 28.2 Å². The summed E-state index contributed by atoms with van der Waals surface area (Å²) >= 11 is 0. The predicted octanol–water partition coefficient (Wildman–Crippen LogP) is 1.70. The third-order valence-electron chi connectivity index (χ3n) is 5.33. The minimum atomic E-state index is -3.95. The molecule has 0 spiro atoms.